The zero-order chi connectivity index (χ0) is 14.1. The molecule has 1 rings (SSSR count). The number of allylic oxidation sites excluding steroid dienone is 4. The normalized spacial score (nSPS) is 19.4. The first-order valence-electron chi connectivity index (χ1n) is 6.89. The summed E-state index contributed by atoms with van der Waals surface area (Å²) in [5.74, 6) is 0.385. The molecule has 1 aliphatic heterocycles. The summed E-state index contributed by atoms with van der Waals surface area (Å²) in [6.45, 7) is 11.9. The van der Waals surface area contributed by atoms with Gasteiger partial charge in [0.2, 0.25) is 0 Å². The third-order valence-electron chi connectivity index (χ3n) is 2.71. The highest BCUT2D eigenvalue weighted by molar-refractivity contribution is 5.87. The quantitative estimate of drug-likeness (QED) is 0.815. The van der Waals surface area contributed by atoms with E-state index in [0.29, 0.717) is 5.78 Å². The maximum Gasteiger partial charge on any atom is 0.157 e. The van der Waals surface area contributed by atoms with Gasteiger partial charge in [-0.1, -0.05) is 45.9 Å². The number of hydrogen-bond acceptors (Lipinski definition) is 2. The van der Waals surface area contributed by atoms with E-state index < -0.39 is 0 Å². The molecule has 0 saturated heterocycles. The van der Waals surface area contributed by atoms with E-state index in [0.717, 1.165) is 12.1 Å². The lowest BCUT2D eigenvalue weighted by molar-refractivity contribution is -0.123. The fraction of sp³-hybridized carbons (Fsp3) is 0.562. The van der Waals surface area contributed by atoms with E-state index in [9.17, 15) is 4.79 Å². The lowest BCUT2D eigenvalue weighted by Crippen LogP contribution is -2.34. The summed E-state index contributed by atoms with van der Waals surface area (Å²) in [5, 5.41) is 3.30. The van der Waals surface area contributed by atoms with Crippen LogP contribution in [0, 0.1) is 5.92 Å². The molecule has 102 valence electrons. The van der Waals surface area contributed by atoms with Crippen molar-refractivity contribution in [2.45, 2.75) is 54.0 Å². The molecule has 0 amide bonds. The molecule has 0 radical (unpaired) electrons. The van der Waals surface area contributed by atoms with E-state index in [1.165, 1.54) is 5.57 Å². The highest BCUT2D eigenvalue weighted by Crippen LogP contribution is 2.23. The van der Waals surface area contributed by atoms with Gasteiger partial charge in [-0.05, 0) is 25.5 Å². The second-order valence-electron chi connectivity index (χ2n) is 4.40. The minimum Gasteiger partial charge on any atom is -0.375 e. The van der Waals surface area contributed by atoms with Crippen LogP contribution in [0.1, 0.15) is 48.0 Å². The highest BCUT2D eigenvalue weighted by Gasteiger charge is 2.27. The lowest BCUT2D eigenvalue weighted by atomic mass is 9.98. The minimum absolute atomic E-state index is 0.0441. The number of nitrogens with one attached hydrogen (secondary N) is 1. The molecule has 2 nitrogen and oxygen atoms in total. The molecular formula is C16H27NO. The Hall–Kier alpha value is -1.31. The molecule has 0 spiro atoms. The monoisotopic (exact) mass is 249 g/mol. The predicted octanol–water partition coefficient (Wildman–Crippen LogP) is 4.01. The average Bonchev–Trinajstić information content (AvgIpc) is 2.75. The number of ketones is 1. The molecule has 1 heterocycles. The molecule has 0 aromatic carbocycles. The van der Waals surface area contributed by atoms with Crippen LogP contribution < -0.4 is 5.32 Å². The van der Waals surface area contributed by atoms with Crippen molar-refractivity contribution in [2.24, 2.45) is 5.92 Å². The van der Waals surface area contributed by atoms with Crippen LogP contribution in [0.3, 0.4) is 0 Å². The number of rotatable bonds is 4. The summed E-state index contributed by atoms with van der Waals surface area (Å²) in [4.78, 5) is 11.9. The van der Waals surface area contributed by atoms with Crippen LogP contribution >= 0.6 is 0 Å². The van der Waals surface area contributed by atoms with Crippen molar-refractivity contribution in [1.29, 1.82) is 0 Å². The van der Waals surface area contributed by atoms with E-state index in [1.807, 2.05) is 59.8 Å². The van der Waals surface area contributed by atoms with Gasteiger partial charge in [0.15, 0.2) is 5.78 Å². The van der Waals surface area contributed by atoms with E-state index in [-0.39, 0.29) is 12.0 Å². The van der Waals surface area contributed by atoms with Gasteiger partial charge in [-0.25, -0.2) is 0 Å². The molecule has 1 unspecified atom stereocenters. The molecule has 0 saturated carbocycles. The molecule has 0 bridgehead atoms. The SMILES string of the molecule is C/C=C\C1=C(/C=C\C)NC(C(=O)C(C)C)C1.CC. The van der Waals surface area contributed by atoms with Gasteiger partial charge >= 0.3 is 0 Å². The molecule has 0 aliphatic carbocycles. The number of carbonyl (C=O) groups is 1. The third-order valence-corrected chi connectivity index (χ3v) is 2.71. The number of hydrogen-bond donors (Lipinski definition) is 1. The molecule has 18 heavy (non-hydrogen) atoms. The molecule has 1 atom stereocenters. The van der Waals surface area contributed by atoms with Crippen LogP contribution in [0.2, 0.25) is 0 Å². The smallest absolute Gasteiger partial charge is 0.157 e. The van der Waals surface area contributed by atoms with Gasteiger partial charge in [-0.3, -0.25) is 4.79 Å². The predicted molar refractivity (Wildman–Crippen MR) is 79.4 cm³/mol. The Balaban J connectivity index is 0.00000137. The average molecular weight is 249 g/mol. The van der Waals surface area contributed by atoms with E-state index >= 15 is 0 Å². The van der Waals surface area contributed by atoms with Crippen LogP contribution in [0.15, 0.2) is 35.6 Å². The molecule has 0 aromatic heterocycles. The van der Waals surface area contributed by atoms with E-state index in [2.05, 4.69) is 11.4 Å². The zero-order valence-corrected chi connectivity index (χ0v) is 12.6. The Kier molecular flexibility index (Phi) is 8.10. The number of carbonyl (C=O) groups excluding carboxylic acids is 1. The summed E-state index contributed by atoms with van der Waals surface area (Å²) in [5.41, 5.74) is 2.30. The van der Waals surface area contributed by atoms with Crippen LogP contribution in [0.25, 0.3) is 0 Å². The van der Waals surface area contributed by atoms with Gasteiger partial charge in [0, 0.05) is 18.0 Å². The minimum atomic E-state index is -0.0441. The Labute approximate surface area is 112 Å². The largest absolute Gasteiger partial charge is 0.375 e. The van der Waals surface area contributed by atoms with Crippen LogP contribution in [-0.4, -0.2) is 11.8 Å². The van der Waals surface area contributed by atoms with Crippen LogP contribution in [0.5, 0.6) is 0 Å². The van der Waals surface area contributed by atoms with Gasteiger partial charge in [0.1, 0.15) is 0 Å². The van der Waals surface area contributed by atoms with Crippen molar-refractivity contribution < 1.29 is 4.79 Å². The molecule has 1 aliphatic rings. The van der Waals surface area contributed by atoms with Crippen molar-refractivity contribution >= 4 is 5.78 Å². The zero-order valence-electron chi connectivity index (χ0n) is 12.6. The van der Waals surface area contributed by atoms with Gasteiger partial charge in [-0.2, -0.15) is 0 Å². The van der Waals surface area contributed by atoms with Gasteiger partial charge in [-0.15, -0.1) is 0 Å². The van der Waals surface area contributed by atoms with Crippen molar-refractivity contribution in [1.82, 2.24) is 5.32 Å². The van der Waals surface area contributed by atoms with Gasteiger partial charge in [0.05, 0.1) is 6.04 Å². The molecule has 1 N–H and O–H groups in total. The Morgan fingerprint density at radius 2 is 1.78 bits per heavy atom. The third kappa shape index (κ3) is 4.52. The summed E-state index contributed by atoms with van der Waals surface area (Å²) in [7, 11) is 0. The van der Waals surface area contributed by atoms with Gasteiger partial charge in [0.25, 0.3) is 0 Å². The standard InChI is InChI=1S/C14H21NO.C2H6/c1-5-7-11-9-13(14(16)10(3)4)15-12(11)8-6-2;1-2/h5-8,10,13,15H,9H2,1-4H3;1-2H3/b7-5-,8-6-;. The maximum atomic E-state index is 11.9. The molecular weight excluding hydrogens is 222 g/mol. The Morgan fingerprint density at radius 1 is 1.22 bits per heavy atom. The topological polar surface area (TPSA) is 29.1 Å². The van der Waals surface area contributed by atoms with E-state index in [4.69, 9.17) is 0 Å². The van der Waals surface area contributed by atoms with E-state index in [1.54, 1.807) is 0 Å². The molecule has 0 aromatic rings. The molecule has 0 fully saturated rings. The van der Waals surface area contributed by atoms with Crippen molar-refractivity contribution in [2.75, 3.05) is 0 Å². The fourth-order valence-corrected chi connectivity index (χ4v) is 1.92. The van der Waals surface area contributed by atoms with Crippen LogP contribution in [0.4, 0.5) is 0 Å². The summed E-state index contributed by atoms with van der Waals surface area (Å²) >= 11 is 0. The van der Waals surface area contributed by atoms with Crippen molar-refractivity contribution in [3.8, 4) is 0 Å². The highest BCUT2D eigenvalue weighted by atomic mass is 16.1. The number of Topliss-reactive ketones (excluding diaryl/α,β-unsaturated/α-hetero) is 1. The van der Waals surface area contributed by atoms with Gasteiger partial charge < -0.3 is 5.32 Å². The first kappa shape index (κ1) is 16.7. The fourth-order valence-electron chi connectivity index (χ4n) is 1.92. The summed E-state index contributed by atoms with van der Waals surface area (Å²) < 4.78 is 0. The van der Waals surface area contributed by atoms with Crippen molar-refractivity contribution in [3.05, 3.63) is 35.6 Å². The first-order valence-corrected chi connectivity index (χ1v) is 6.89. The summed E-state index contributed by atoms with van der Waals surface area (Å²) in [6, 6.07) is -0.0441. The second kappa shape index (κ2) is 8.73. The van der Waals surface area contributed by atoms with Crippen molar-refractivity contribution in [3.63, 3.8) is 0 Å². The Bertz CT molecular complexity index is 324. The maximum absolute atomic E-state index is 11.9. The lowest BCUT2D eigenvalue weighted by Gasteiger charge is -2.13. The Morgan fingerprint density at radius 3 is 2.22 bits per heavy atom. The molecule has 2 heteroatoms. The summed E-state index contributed by atoms with van der Waals surface area (Å²) in [6.07, 6.45) is 8.93. The second-order valence-corrected chi connectivity index (χ2v) is 4.40. The van der Waals surface area contributed by atoms with Crippen LogP contribution in [-0.2, 0) is 4.79 Å². The first-order chi connectivity index (χ1) is 8.60.